The molecule has 0 heterocycles. The third-order valence-corrected chi connectivity index (χ3v) is 14.3. The molecule has 0 aliphatic heterocycles. The molecule has 2 aromatic carbocycles. The molecule has 0 aliphatic rings. The summed E-state index contributed by atoms with van der Waals surface area (Å²) in [6, 6.07) is 12.6. The van der Waals surface area contributed by atoms with Crippen molar-refractivity contribution < 1.29 is 18.9 Å². The van der Waals surface area contributed by atoms with Gasteiger partial charge in [-0.1, -0.05) is 271 Å². The second-order valence-electron chi connectivity index (χ2n) is 20.0. The largest absolute Gasteiger partial charge is 0.490 e. The van der Waals surface area contributed by atoms with Crippen LogP contribution in [0.25, 0.3) is 0 Å². The minimum Gasteiger partial charge on any atom is -0.490 e. The quantitative estimate of drug-likeness (QED) is 0.0489. The van der Waals surface area contributed by atoms with E-state index in [2.05, 4.69) is 79.8 Å². The van der Waals surface area contributed by atoms with Gasteiger partial charge in [-0.2, -0.15) is 0 Å². The molecule has 66 heavy (non-hydrogen) atoms. The van der Waals surface area contributed by atoms with Crippen molar-refractivity contribution in [2.45, 2.75) is 297 Å². The fourth-order valence-corrected chi connectivity index (χ4v) is 9.56. The van der Waals surface area contributed by atoms with Crippen LogP contribution in [0.4, 0.5) is 0 Å². The van der Waals surface area contributed by atoms with Crippen LogP contribution < -0.4 is 18.9 Å². The first-order valence-corrected chi connectivity index (χ1v) is 30.2. The standard InChI is InChI=1S/C61H107IO4/c1-4-7-10-13-16-19-22-25-28-31-34-37-40-43-50-63-59-53-56(55-66-58-48-46-57(62)47-49-58)54-60(64-51-44-41-38-35-32-29-26-23-20-17-14-11-8-5-2)61(59)65-52-45-42-39-36-33-30-27-24-21-18-15-12-9-6-3/h46-49,53-54H,4-45,50-52,55H2,1-3H3. The fourth-order valence-electron chi connectivity index (χ4n) is 9.20. The van der Waals surface area contributed by atoms with Crippen molar-refractivity contribution in [2.24, 2.45) is 0 Å². The van der Waals surface area contributed by atoms with Gasteiger partial charge in [0.15, 0.2) is 11.5 Å². The highest BCUT2D eigenvalue weighted by Crippen LogP contribution is 2.40. The van der Waals surface area contributed by atoms with Gasteiger partial charge in [0.2, 0.25) is 5.75 Å². The maximum Gasteiger partial charge on any atom is 0.203 e. The number of rotatable bonds is 51. The third-order valence-electron chi connectivity index (χ3n) is 13.6. The van der Waals surface area contributed by atoms with Crippen molar-refractivity contribution >= 4 is 22.6 Å². The molecule has 0 unspecified atom stereocenters. The van der Waals surface area contributed by atoms with Gasteiger partial charge in [-0.3, -0.25) is 0 Å². The number of hydrogen-bond donors (Lipinski definition) is 0. The SMILES string of the molecule is CCCCCCCCCCCCCCCCOc1cc(COc2ccc(I)cc2)cc(OCCCCCCCCCCCCCCCC)c1OCCCCCCCCCCCCCCCC. The van der Waals surface area contributed by atoms with Gasteiger partial charge in [0, 0.05) is 3.57 Å². The Morgan fingerprint density at radius 3 is 0.848 bits per heavy atom. The van der Waals surface area contributed by atoms with Gasteiger partial charge in [0.25, 0.3) is 0 Å². The van der Waals surface area contributed by atoms with Crippen molar-refractivity contribution in [1.82, 2.24) is 0 Å². The number of benzene rings is 2. The van der Waals surface area contributed by atoms with E-state index in [-0.39, 0.29) is 0 Å². The van der Waals surface area contributed by atoms with Crippen LogP contribution in [0, 0.1) is 3.57 Å². The molecule has 0 N–H and O–H groups in total. The van der Waals surface area contributed by atoms with E-state index in [0.717, 1.165) is 47.8 Å². The first-order chi connectivity index (χ1) is 32.7. The zero-order valence-corrected chi connectivity index (χ0v) is 46.2. The molecule has 0 bridgehead atoms. The molecule has 5 heteroatoms. The molecular formula is C61H107IO4. The third kappa shape index (κ3) is 36.4. The molecule has 2 aromatic rings. The second kappa shape index (κ2) is 47.1. The number of unbranched alkanes of at least 4 members (excludes halogenated alkanes) is 39. The lowest BCUT2D eigenvalue weighted by atomic mass is 10.0. The fraction of sp³-hybridized carbons (Fsp3) is 0.803. The van der Waals surface area contributed by atoms with Gasteiger partial charge in [-0.25, -0.2) is 0 Å². The van der Waals surface area contributed by atoms with Gasteiger partial charge >= 0.3 is 0 Å². The minimum atomic E-state index is 0.463. The van der Waals surface area contributed by atoms with E-state index >= 15 is 0 Å². The molecule has 0 radical (unpaired) electrons. The summed E-state index contributed by atoms with van der Waals surface area (Å²) >= 11 is 2.35. The van der Waals surface area contributed by atoms with Crippen molar-refractivity contribution in [3.05, 3.63) is 45.5 Å². The Morgan fingerprint density at radius 1 is 0.303 bits per heavy atom. The maximum absolute atomic E-state index is 6.66. The summed E-state index contributed by atoms with van der Waals surface area (Å²) in [4.78, 5) is 0. The van der Waals surface area contributed by atoms with Crippen LogP contribution in [0.5, 0.6) is 23.0 Å². The summed E-state index contributed by atoms with van der Waals surface area (Å²) in [5.41, 5.74) is 1.06. The van der Waals surface area contributed by atoms with E-state index in [1.54, 1.807) is 0 Å². The number of halogens is 1. The van der Waals surface area contributed by atoms with Crippen molar-refractivity contribution in [3.8, 4) is 23.0 Å². The normalized spacial score (nSPS) is 11.4. The Hall–Kier alpha value is -1.63. The van der Waals surface area contributed by atoms with Crippen LogP contribution in [0.15, 0.2) is 36.4 Å². The lowest BCUT2D eigenvalue weighted by Crippen LogP contribution is -2.08. The van der Waals surface area contributed by atoms with E-state index in [9.17, 15) is 0 Å². The summed E-state index contributed by atoms with van der Waals surface area (Å²) in [7, 11) is 0. The zero-order chi connectivity index (χ0) is 47.1. The van der Waals surface area contributed by atoms with Crippen LogP contribution in [-0.4, -0.2) is 19.8 Å². The van der Waals surface area contributed by atoms with Crippen LogP contribution in [-0.2, 0) is 6.61 Å². The Kier molecular flexibility index (Phi) is 43.1. The second-order valence-corrected chi connectivity index (χ2v) is 21.2. The van der Waals surface area contributed by atoms with Gasteiger partial charge in [-0.15, -0.1) is 0 Å². The average molecular weight is 1030 g/mol. The Balaban J connectivity index is 1.90. The summed E-state index contributed by atoms with van der Waals surface area (Å²) in [5, 5.41) is 0. The van der Waals surface area contributed by atoms with E-state index in [1.807, 2.05) is 0 Å². The Morgan fingerprint density at radius 2 is 0.561 bits per heavy atom. The minimum absolute atomic E-state index is 0.463. The highest BCUT2D eigenvalue weighted by molar-refractivity contribution is 14.1. The van der Waals surface area contributed by atoms with E-state index in [1.165, 1.54) is 254 Å². The van der Waals surface area contributed by atoms with Crippen molar-refractivity contribution in [2.75, 3.05) is 19.8 Å². The maximum atomic E-state index is 6.66. The molecule has 0 aliphatic carbocycles. The predicted octanol–water partition coefficient (Wildman–Crippen LogP) is 21.5. The smallest absolute Gasteiger partial charge is 0.203 e. The molecule has 382 valence electrons. The van der Waals surface area contributed by atoms with Crippen molar-refractivity contribution in [3.63, 3.8) is 0 Å². The summed E-state index contributed by atoms with van der Waals surface area (Å²) in [6.07, 6.45) is 56.9. The lowest BCUT2D eigenvalue weighted by molar-refractivity contribution is 0.232. The van der Waals surface area contributed by atoms with Crippen molar-refractivity contribution in [1.29, 1.82) is 0 Å². The molecule has 0 fully saturated rings. The van der Waals surface area contributed by atoms with Gasteiger partial charge in [0.05, 0.1) is 19.8 Å². The van der Waals surface area contributed by atoms with E-state index < -0.39 is 0 Å². The highest BCUT2D eigenvalue weighted by atomic mass is 127. The molecule has 0 amide bonds. The van der Waals surface area contributed by atoms with Gasteiger partial charge < -0.3 is 18.9 Å². The predicted molar refractivity (Wildman–Crippen MR) is 297 cm³/mol. The topological polar surface area (TPSA) is 36.9 Å². The lowest BCUT2D eigenvalue weighted by Gasteiger charge is -2.19. The van der Waals surface area contributed by atoms with Crippen LogP contribution in [0.3, 0.4) is 0 Å². The summed E-state index contributed by atoms with van der Waals surface area (Å²) in [6.45, 7) is 9.47. The Labute approximate surface area is 424 Å². The molecule has 0 saturated heterocycles. The molecule has 0 atom stereocenters. The molecular weight excluding hydrogens is 924 g/mol. The average Bonchev–Trinajstić information content (AvgIpc) is 3.33. The number of ether oxygens (including phenoxy) is 4. The van der Waals surface area contributed by atoms with Crippen LogP contribution in [0.2, 0.25) is 0 Å². The first-order valence-electron chi connectivity index (χ1n) is 29.1. The van der Waals surface area contributed by atoms with Gasteiger partial charge in [-0.05, 0) is 83.8 Å². The highest BCUT2D eigenvalue weighted by Gasteiger charge is 2.17. The Bertz CT molecular complexity index is 1240. The van der Waals surface area contributed by atoms with E-state index in [4.69, 9.17) is 18.9 Å². The summed E-state index contributed by atoms with van der Waals surface area (Å²) in [5.74, 6) is 3.30. The molecule has 0 aromatic heterocycles. The van der Waals surface area contributed by atoms with Crippen LogP contribution >= 0.6 is 22.6 Å². The van der Waals surface area contributed by atoms with E-state index in [0.29, 0.717) is 26.4 Å². The first kappa shape index (κ1) is 60.5. The number of hydrogen-bond acceptors (Lipinski definition) is 4. The molecule has 0 spiro atoms. The molecule has 0 saturated carbocycles. The molecule has 2 rings (SSSR count). The van der Waals surface area contributed by atoms with Crippen LogP contribution in [0.1, 0.15) is 296 Å². The monoisotopic (exact) mass is 1030 g/mol. The zero-order valence-electron chi connectivity index (χ0n) is 44.0. The van der Waals surface area contributed by atoms with Gasteiger partial charge in [0.1, 0.15) is 12.4 Å². The molecule has 4 nitrogen and oxygen atoms in total. The summed E-state index contributed by atoms with van der Waals surface area (Å²) < 4.78 is 27.4.